The molecule has 0 radical (unpaired) electrons. The van der Waals surface area contributed by atoms with Gasteiger partial charge in [0.1, 0.15) is 5.82 Å². The van der Waals surface area contributed by atoms with E-state index >= 15 is 0 Å². The summed E-state index contributed by atoms with van der Waals surface area (Å²) in [6.07, 6.45) is 1.87. The molecular formula is C16H28N4O. The Morgan fingerprint density at radius 3 is 2.62 bits per heavy atom. The van der Waals surface area contributed by atoms with Crippen molar-refractivity contribution in [1.29, 1.82) is 0 Å². The van der Waals surface area contributed by atoms with E-state index in [1.165, 1.54) is 5.56 Å². The summed E-state index contributed by atoms with van der Waals surface area (Å²) < 4.78 is 0. The van der Waals surface area contributed by atoms with E-state index in [0.29, 0.717) is 0 Å². The summed E-state index contributed by atoms with van der Waals surface area (Å²) in [4.78, 5) is 9.25. The zero-order valence-corrected chi connectivity index (χ0v) is 13.5. The minimum atomic E-state index is -0.622. The molecule has 21 heavy (non-hydrogen) atoms. The van der Waals surface area contributed by atoms with Gasteiger partial charge in [0.05, 0.1) is 5.60 Å². The van der Waals surface area contributed by atoms with E-state index in [-0.39, 0.29) is 0 Å². The number of β-amino-alcohol motifs (C(OH)–C–C–N with tert-alkyl or cyclic N) is 1. The maximum atomic E-state index is 9.92. The average molecular weight is 292 g/mol. The second-order valence-corrected chi connectivity index (χ2v) is 6.34. The number of pyridine rings is 1. The molecule has 2 heterocycles. The fraction of sp³-hybridized carbons (Fsp3) is 0.688. The highest BCUT2D eigenvalue weighted by atomic mass is 16.3. The number of nitrogens with one attached hydrogen (secondary N) is 1. The molecule has 0 saturated carbocycles. The van der Waals surface area contributed by atoms with Crippen LogP contribution in [0.2, 0.25) is 0 Å². The zero-order chi connectivity index (χ0) is 15.3. The van der Waals surface area contributed by atoms with Crippen molar-refractivity contribution in [2.45, 2.75) is 32.9 Å². The minimum absolute atomic E-state index is 0.622. The molecule has 1 aromatic rings. The number of rotatable bonds is 6. The number of aliphatic hydroxyl groups is 1. The van der Waals surface area contributed by atoms with Crippen molar-refractivity contribution in [2.24, 2.45) is 0 Å². The molecular weight excluding hydrogens is 264 g/mol. The summed E-state index contributed by atoms with van der Waals surface area (Å²) in [6.45, 7) is 12.3. The Bertz CT molecular complexity index is 436. The van der Waals surface area contributed by atoms with Crippen molar-refractivity contribution in [3.05, 3.63) is 23.9 Å². The van der Waals surface area contributed by atoms with Crippen LogP contribution in [0.5, 0.6) is 0 Å². The highest BCUT2D eigenvalue weighted by molar-refractivity contribution is 5.47. The third-order valence-electron chi connectivity index (χ3n) is 3.72. The van der Waals surface area contributed by atoms with Gasteiger partial charge in [0.2, 0.25) is 0 Å². The van der Waals surface area contributed by atoms with Gasteiger partial charge < -0.3 is 15.3 Å². The molecule has 2 rings (SSSR count). The second kappa shape index (κ2) is 7.20. The lowest BCUT2D eigenvalue weighted by Crippen LogP contribution is -2.51. The Hall–Kier alpha value is -1.17. The van der Waals surface area contributed by atoms with Crippen LogP contribution in [0.4, 0.5) is 5.82 Å². The minimum Gasteiger partial charge on any atom is -0.389 e. The van der Waals surface area contributed by atoms with Crippen LogP contribution in [0.1, 0.15) is 26.3 Å². The standard InChI is InChI=1S/C16H28N4O/c1-4-17-12-14-6-5-7-18-15(14)20-10-8-19(9-11-20)13-16(2,3)21/h5-7,17,21H,4,8-13H2,1-3H3. The van der Waals surface area contributed by atoms with Crippen LogP contribution in [0.25, 0.3) is 0 Å². The molecule has 0 atom stereocenters. The molecule has 0 aliphatic carbocycles. The highest BCUT2D eigenvalue weighted by Gasteiger charge is 2.24. The summed E-state index contributed by atoms with van der Waals surface area (Å²) in [5.74, 6) is 1.10. The van der Waals surface area contributed by atoms with Crippen molar-refractivity contribution >= 4 is 5.82 Å². The lowest BCUT2D eigenvalue weighted by Gasteiger charge is -2.38. The van der Waals surface area contributed by atoms with Gasteiger partial charge in [-0.05, 0) is 26.5 Å². The van der Waals surface area contributed by atoms with E-state index in [0.717, 1.165) is 51.6 Å². The lowest BCUT2D eigenvalue weighted by atomic mass is 10.1. The largest absolute Gasteiger partial charge is 0.389 e. The van der Waals surface area contributed by atoms with Gasteiger partial charge >= 0.3 is 0 Å². The number of hydrogen-bond donors (Lipinski definition) is 2. The fourth-order valence-corrected chi connectivity index (χ4v) is 2.78. The van der Waals surface area contributed by atoms with Gasteiger partial charge in [-0.15, -0.1) is 0 Å². The van der Waals surface area contributed by atoms with E-state index in [4.69, 9.17) is 0 Å². The molecule has 1 aromatic heterocycles. The topological polar surface area (TPSA) is 51.6 Å². The molecule has 0 amide bonds. The quantitative estimate of drug-likeness (QED) is 0.822. The van der Waals surface area contributed by atoms with Crippen LogP contribution in [0, 0.1) is 0 Å². The van der Waals surface area contributed by atoms with E-state index in [9.17, 15) is 5.11 Å². The fourth-order valence-electron chi connectivity index (χ4n) is 2.78. The summed E-state index contributed by atoms with van der Waals surface area (Å²) in [5, 5.41) is 13.3. The van der Waals surface area contributed by atoms with Crippen LogP contribution >= 0.6 is 0 Å². The number of anilines is 1. The van der Waals surface area contributed by atoms with Crippen molar-refractivity contribution < 1.29 is 5.11 Å². The van der Waals surface area contributed by atoms with E-state index in [1.807, 2.05) is 26.1 Å². The average Bonchev–Trinajstić information content (AvgIpc) is 2.45. The molecule has 0 spiro atoms. The predicted octanol–water partition coefficient (Wildman–Crippen LogP) is 1.08. The highest BCUT2D eigenvalue weighted by Crippen LogP contribution is 2.19. The van der Waals surface area contributed by atoms with Crippen molar-refractivity contribution in [3.8, 4) is 0 Å². The summed E-state index contributed by atoms with van der Waals surface area (Å²) in [7, 11) is 0. The van der Waals surface area contributed by atoms with Gasteiger partial charge in [-0.1, -0.05) is 13.0 Å². The summed E-state index contributed by atoms with van der Waals surface area (Å²) >= 11 is 0. The van der Waals surface area contributed by atoms with Gasteiger partial charge in [-0.25, -0.2) is 4.98 Å². The Balaban J connectivity index is 1.96. The molecule has 0 unspecified atom stereocenters. The van der Waals surface area contributed by atoms with Crippen molar-refractivity contribution in [2.75, 3.05) is 44.2 Å². The molecule has 1 aliphatic rings. The zero-order valence-electron chi connectivity index (χ0n) is 13.5. The SMILES string of the molecule is CCNCc1cccnc1N1CCN(CC(C)(C)O)CC1. The Kier molecular flexibility index (Phi) is 5.56. The first-order chi connectivity index (χ1) is 9.99. The molecule has 5 heteroatoms. The molecule has 1 aliphatic heterocycles. The number of nitrogens with zero attached hydrogens (tertiary/aromatic N) is 3. The first-order valence-corrected chi connectivity index (χ1v) is 7.84. The van der Waals surface area contributed by atoms with Gasteiger partial charge in [0.15, 0.2) is 0 Å². The molecule has 5 nitrogen and oxygen atoms in total. The van der Waals surface area contributed by atoms with Crippen molar-refractivity contribution in [3.63, 3.8) is 0 Å². The maximum absolute atomic E-state index is 9.92. The summed E-state index contributed by atoms with van der Waals surface area (Å²) in [5.41, 5.74) is 0.638. The molecule has 118 valence electrons. The Labute approximate surface area is 128 Å². The Morgan fingerprint density at radius 2 is 2.00 bits per heavy atom. The molecule has 1 saturated heterocycles. The predicted molar refractivity (Wildman–Crippen MR) is 86.6 cm³/mol. The third-order valence-corrected chi connectivity index (χ3v) is 3.72. The van der Waals surface area contributed by atoms with Crippen LogP contribution in [-0.4, -0.2) is 59.9 Å². The number of aromatic nitrogens is 1. The second-order valence-electron chi connectivity index (χ2n) is 6.34. The smallest absolute Gasteiger partial charge is 0.133 e. The van der Waals surface area contributed by atoms with E-state index < -0.39 is 5.60 Å². The van der Waals surface area contributed by atoms with Gasteiger partial charge in [-0.3, -0.25) is 4.90 Å². The molecule has 2 N–H and O–H groups in total. The van der Waals surface area contributed by atoms with Crippen LogP contribution < -0.4 is 10.2 Å². The number of hydrogen-bond acceptors (Lipinski definition) is 5. The summed E-state index contributed by atoms with van der Waals surface area (Å²) in [6, 6.07) is 4.15. The van der Waals surface area contributed by atoms with Gasteiger partial charge in [-0.2, -0.15) is 0 Å². The Morgan fingerprint density at radius 1 is 1.29 bits per heavy atom. The van der Waals surface area contributed by atoms with Crippen LogP contribution in [0.3, 0.4) is 0 Å². The first-order valence-electron chi connectivity index (χ1n) is 7.84. The lowest BCUT2D eigenvalue weighted by molar-refractivity contribution is 0.0344. The molecule has 0 bridgehead atoms. The van der Waals surface area contributed by atoms with E-state index in [2.05, 4.69) is 33.1 Å². The van der Waals surface area contributed by atoms with Crippen LogP contribution in [-0.2, 0) is 6.54 Å². The maximum Gasteiger partial charge on any atom is 0.133 e. The van der Waals surface area contributed by atoms with Gasteiger partial charge in [0, 0.05) is 51.0 Å². The van der Waals surface area contributed by atoms with Crippen molar-refractivity contribution in [1.82, 2.24) is 15.2 Å². The monoisotopic (exact) mass is 292 g/mol. The molecule has 0 aromatic carbocycles. The van der Waals surface area contributed by atoms with E-state index in [1.54, 1.807) is 0 Å². The van der Waals surface area contributed by atoms with Gasteiger partial charge in [0.25, 0.3) is 0 Å². The number of piperazine rings is 1. The first kappa shape index (κ1) is 16.2. The third kappa shape index (κ3) is 4.95. The molecule has 1 fully saturated rings. The van der Waals surface area contributed by atoms with Crippen LogP contribution in [0.15, 0.2) is 18.3 Å². The normalized spacial score (nSPS) is 17.2.